The van der Waals surface area contributed by atoms with E-state index in [1.54, 1.807) is 13.8 Å². The smallest absolute Gasteiger partial charge is 0.351 e. The Morgan fingerprint density at radius 2 is 2.31 bits per heavy atom. The van der Waals surface area contributed by atoms with E-state index in [4.69, 9.17) is 5.11 Å². The van der Waals surface area contributed by atoms with Crippen LogP contribution in [0, 0.1) is 0 Å². The van der Waals surface area contributed by atoms with Gasteiger partial charge < -0.3 is 9.84 Å². The van der Waals surface area contributed by atoms with Gasteiger partial charge in [0.2, 0.25) is 5.50 Å². The number of halogens is 1. The van der Waals surface area contributed by atoms with Gasteiger partial charge in [0.15, 0.2) is 0 Å². The minimum Gasteiger partial charge on any atom is -0.463 e. The van der Waals surface area contributed by atoms with E-state index in [0.717, 1.165) is 11.8 Å². The number of aliphatic hydroxyl groups is 1. The molecule has 2 unspecified atom stereocenters. The zero-order valence-electron chi connectivity index (χ0n) is 7.83. The molecule has 0 aromatic carbocycles. The van der Waals surface area contributed by atoms with Gasteiger partial charge >= 0.3 is 5.97 Å². The van der Waals surface area contributed by atoms with Crippen LogP contribution in [-0.4, -0.2) is 35.0 Å². The van der Waals surface area contributed by atoms with Crippen LogP contribution >= 0.6 is 11.8 Å². The van der Waals surface area contributed by atoms with Gasteiger partial charge in [0, 0.05) is 11.9 Å². The Balaban J connectivity index is 3.71. The van der Waals surface area contributed by atoms with Crippen LogP contribution in [0.4, 0.5) is 4.39 Å². The molecule has 0 aliphatic heterocycles. The summed E-state index contributed by atoms with van der Waals surface area (Å²) < 4.78 is 17.4. The summed E-state index contributed by atoms with van der Waals surface area (Å²) in [5.41, 5.74) is -1.64. The molecule has 0 rings (SSSR count). The molecule has 2 atom stereocenters. The molecule has 3 nitrogen and oxygen atoms in total. The third-order valence-corrected chi connectivity index (χ3v) is 2.49. The highest BCUT2D eigenvalue weighted by atomic mass is 32.2. The number of thioether (sulfide) groups is 1. The quantitative estimate of drug-likeness (QED) is 0.672. The molecule has 1 N–H and O–H groups in total. The van der Waals surface area contributed by atoms with Crippen molar-refractivity contribution in [2.45, 2.75) is 31.0 Å². The molecule has 13 heavy (non-hydrogen) atoms. The fourth-order valence-corrected chi connectivity index (χ4v) is 1.55. The summed E-state index contributed by atoms with van der Waals surface area (Å²) in [7, 11) is 0. The highest BCUT2D eigenvalue weighted by molar-refractivity contribution is 8.01. The molecular formula is C8H15FO3S. The first-order valence-corrected chi connectivity index (χ1v) is 5.13. The number of esters is 1. The van der Waals surface area contributed by atoms with E-state index >= 15 is 0 Å². The van der Waals surface area contributed by atoms with Crippen molar-refractivity contribution in [1.82, 2.24) is 0 Å². The van der Waals surface area contributed by atoms with E-state index in [-0.39, 0.29) is 18.5 Å². The van der Waals surface area contributed by atoms with Crippen LogP contribution in [0.1, 0.15) is 20.3 Å². The SMILES string of the molecule is CCOC(=O)C(F)SC(C)CCO. The predicted molar refractivity (Wildman–Crippen MR) is 50.3 cm³/mol. The maximum atomic E-state index is 13.0. The summed E-state index contributed by atoms with van der Waals surface area (Å²) in [6.45, 7) is 3.58. The normalized spacial score (nSPS) is 15.1. The summed E-state index contributed by atoms with van der Waals surface area (Å²) in [4.78, 5) is 10.8. The van der Waals surface area contributed by atoms with E-state index in [1.165, 1.54) is 0 Å². The lowest BCUT2D eigenvalue weighted by Gasteiger charge is -2.11. The van der Waals surface area contributed by atoms with Gasteiger partial charge in [-0.2, -0.15) is 0 Å². The van der Waals surface area contributed by atoms with E-state index < -0.39 is 11.5 Å². The largest absolute Gasteiger partial charge is 0.463 e. The average molecular weight is 210 g/mol. The lowest BCUT2D eigenvalue weighted by Crippen LogP contribution is -2.18. The molecule has 0 fully saturated rings. The van der Waals surface area contributed by atoms with Crippen LogP contribution in [0.15, 0.2) is 0 Å². The summed E-state index contributed by atoms with van der Waals surface area (Å²) in [6.07, 6.45) is 0.477. The standard InChI is InChI=1S/C8H15FO3S/c1-3-12-8(11)7(9)13-6(2)4-5-10/h6-7,10H,3-5H2,1-2H3. The molecule has 78 valence electrons. The molecule has 0 bridgehead atoms. The van der Waals surface area contributed by atoms with Gasteiger partial charge in [-0.3, -0.25) is 0 Å². The van der Waals surface area contributed by atoms with E-state index in [1.807, 2.05) is 0 Å². The molecule has 0 aromatic heterocycles. The first-order valence-electron chi connectivity index (χ1n) is 4.18. The minimum absolute atomic E-state index is 0.00368. The van der Waals surface area contributed by atoms with Crippen LogP contribution in [-0.2, 0) is 9.53 Å². The molecule has 0 spiro atoms. The van der Waals surface area contributed by atoms with E-state index in [0.29, 0.717) is 6.42 Å². The van der Waals surface area contributed by atoms with Gasteiger partial charge in [-0.25, -0.2) is 9.18 Å². The van der Waals surface area contributed by atoms with Crippen LogP contribution in [0.5, 0.6) is 0 Å². The molecule has 0 aliphatic rings. The van der Waals surface area contributed by atoms with Gasteiger partial charge in [-0.1, -0.05) is 6.92 Å². The predicted octanol–water partition coefficient (Wildman–Crippen LogP) is 1.35. The van der Waals surface area contributed by atoms with Crippen molar-refractivity contribution in [2.24, 2.45) is 0 Å². The third-order valence-electron chi connectivity index (χ3n) is 1.36. The number of rotatable bonds is 6. The maximum absolute atomic E-state index is 13.0. The van der Waals surface area contributed by atoms with Crippen LogP contribution in [0.3, 0.4) is 0 Å². The second-order valence-electron chi connectivity index (χ2n) is 2.53. The molecule has 0 aliphatic carbocycles. The Labute approximate surface area is 81.7 Å². The van der Waals surface area contributed by atoms with Crippen molar-refractivity contribution < 1.29 is 19.0 Å². The summed E-state index contributed by atoms with van der Waals surface area (Å²) in [6, 6.07) is 0. The fraction of sp³-hybridized carbons (Fsp3) is 0.875. The van der Waals surface area contributed by atoms with Gasteiger partial charge in [0.25, 0.3) is 0 Å². The van der Waals surface area contributed by atoms with Gasteiger partial charge in [-0.15, -0.1) is 11.8 Å². The number of hydrogen-bond donors (Lipinski definition) is 1. The molecule has 0 heterocycles. The second kappa shape index (κ2) is 7.15. The summed E-state index contributed by atoms with van der Waals surface area (Å²) >= 11 is 0.871. The molecular weight excluding hydrogens is 195 g/mol. The molecule has 0 radical (unpaired) electrons. The molecule has 5 heteroatoms. The molecule has 0 amide bonds. The second-order valence-corrected chi connectivity index (χ2v) is 4.02. The van der Waals surface area contributed by atoms with Gasteiger partial charge in [-0.05, 0) is 13.3 Å². The first kappa shape index (κ1) is 12.7. The lowest BCUT2D eigenvalue weighted by atomic mass is 10.3. The van der Waals surface area contributed by atoms with Crippen LogP contribution in [0.2, 0.25) is 0 Å². The molecule has 0 saturated heterocycles. The highest BCUT2D eigenvalue weighted by Gasteiger charge is 2.21. The number of hydrogen-bond acceptors (Lipinski definition) is 4. The first-order chi connectivity index (χ1) is 6.11. The minimum atomic E-state index is -1.64. The third kappa shape index (κ3) is 5.87. The maximum Gasteiger partial charge on any atom is 0.351 e. The van der Waals surface area contributed by atoms with Crippen molar-refractivity contribution in [3.8, 4) is 0 Å². The molecule has 0 saturated carbocycles. The number of alkyl halides is 1. The Bertz CT molecular complexity index is 154. The number of aliphatic hydroxyl groups excluding tert-OH is 1. The van der Waals surface area contributed by atoms with Crippen molar-refractivity contribution in [3.63, 3.8) is 0 Å². The topological polar surface area (TPSA) is 46.5 Å². The van der Waals surface area contributed by atoms with Gasteiger partial charge in [0.1, 0.15) is 0 Å². The highest BCUT2D eigenvalue weighted by Crippen LogP contribution is 2.22. The Morgan fingerprint density at radius 1 is 1.69 bits per heavy atom. The Hall–Kier alpha value is -0.290. The average Bonchev–Trinajstić information content (AvgIpc) is 2.05. The number of ether oxygens (including phenoxy) is 1. The van der Waals surface area contributed by atoms with Crippen molar-refractivity contribution in [2.75, 3.05) is 13.2 Å². The molecule has 0 aromatic rings. The number of carbonyl (C=O) groups is 1. The fourth-order valence-electron chi connectivity index (χ4n) is 0.717. The number of carbonyl (C=O) groups excluding carboxylic acids is 1. The van der Waals surface area contributed by atoms with Crippen molar-refractivity contribution in [3.05, 3.63) is 0 Å². The zero-order valence-corrected chi connectivity index (χ0v) is 8.64. The van der Waals surface area contributed by atoms with E-state index in [9.17, 15) is 9.18 Å². The van der Waals surface area contributed by atoms with Crippen LogP contribution < -0.4 is 0 Å². The van der Waals surface area contributed by atoms with Crippen molar-refractivity contribution >= 4 is 17.7 Å². The van der Waals surface area contributed by atoms with Gasteiger partial charge in [0.05, 0.1) is 6.61 Å². The zero-order chi connectivity index (χ0) is 10.3. The van der Waals surface area contributed by atoms with Crippen molar-refractivity contribution in [1.29, 1.82) is 0 Å². The monoisotopic (exact) mass is 210 g/mol. The van der Waals surface area contributed by atoms with E-state index in [2.05, 4.69) is 4.74 Å². The van der Waals surface area contributed by atoms with Crippen LogP contribution in [0.25, 0.3) is 0 Å². The Kier molecular flexibility index (Phi) is 6.99. The lowest BCUT2D eigenvalue weighted by molar-refractivity contribution is -0.145. The Morgan fingerprint density at radius 3 is 2.77 bits per heavy atom. The summed E-state index contributed by atoms with van der Waals surface area (Å²) in [5.74, 6) is -0.836. The summed E-state index contributed by atoms with van der Waals surface area (Å²) in [5, 5.41) is 8.46.